The molecule has 1 aromatic rings. The third-order valence-electron chi connectivity index (χ3n) is 7.74. The molecule has 0 heterocycles. The number of rotatable bonds is 6. The lowest BCUT2D eigenvalue weighted by Crippen LogP contribution is -2.65. The van der Waals surface area contributed by atoms with Gasteiger partial charge >= 0.3 is 0 Å². The van der Waals surface area contributed by atoms with E-state index in [1.807, 2.05) is 0 Å². The molecular weight excluding hydrogens is 515 g/mol. The molecule has 2 amide bonds. The molecule has 0 aromatic heterocycles. The zero-order chi connectivity index (χ0) is 29.1. The van der Waals surface area contributed by atoms with Crippen molar-refractivity contribution < 1.29 is 44.0 Å². The molecular formula is C26H31FN4O8. The molecule has 4 rings (SSSR count). The van der Waals surface area contributed by atoms with Gasteiger partial charge in [0.25, 0.3) is 11.8 Å². The van der Waals surface area contributed by atoms with Gasteiger partial charge in [-0.2, -0.15) is 0 Å². The van der Waals surface area contributed by atoms with Crippen LogP contribution in [0.2, 0.25) is 0 Å². The van der Waals surface area contributed by atoms with E-state index in [-0.39, 0.29) is 36.1 Å². The van der Waals surface area contributed by atoms with Gasteiger partial charge < -0.3 is 36.4 Å². The molecule has 1 aromatic carbocycles. The van der Waals surface area contributed by atoms with Gasteiger partial charge in [0.05, 0.1) is 11.6 Å². The molecule has 12 nitrogen and oxygen atoms in total. The van der Waals surface area contributed by atoms with Gasteiger partial charge in [-0.15, -0.1) is 0 Å². The number of Topliss-reactive ketones (excluding diaryl/α,β-unsaturated/α-hetero) is 2. The summed E-state index contributed by atoms with van der Waals surface area (Å²) in [7, 11) is 6.52. The van der Waals surface area contributed by atoms with E-state index in [1.54, 1.807) is 19.0 Å². The number of phenolic OH excluding ortho intramolecular Hbond substituents is 1. The van der Waals surface area contributed by atoms with Crippen molar-refractivity contribution in [2.45, 2.75) is 24.5 Å². The Morgan fingerprint density at radius 3 is 2.38 bits per heavy atom. The van der Waals surface area contributed by atoms with E-state index in [9.17, 15) is 39.6 Å². The first-order chi connectivity index (χ1) is 18.1. The maximum atomic E-state index is 15.1. The molecule has 1 fully saturated rings. The number of aromatic hydroxyl groups is 1. The predicted molar refractivity (Wildman–Crippen MR) is 135 cm³/mol. The van der Waals surface area contributed by atoms with E-state index >= 15 is 4.39 Å². The maximum absolute atomic E-state index is 15.1. The first-order valence-electron chi connectivity index (χ1n) is 12.3. The Bertz CT molecular complexity index is 1370. The van der Waals surface area contributed by atoms with Crippen molar-refractivity contribution in [3.05, 3.63) is 45.5 Å². The molecule has 0 radical (unpaired) electrons. The highest BCUT2D eigenvalue weighted by Gasteiger charge is 2.64. The number of nitrogens with two attached hydrogens (primary N) is 1. The highest BCUT2D eigenvalue weighted by molar-refractivity contribution is 6.24. The molecule has 3 aliphatic carbocycles. The number of halogens is 1. The number of phenols is 1. The molecule has 4 atom stereocenters. The van der Waals surface area contributed by atoms with E-state index in [0.29, 0.717) is 6.54 Å². The normalized spacial score (nSPS) is 26.5. The van der Waals surface area contributed by atoms with Crippen LogP contribution in [0.3, 0.4) is 0 Å². The van der Waals surface area contributed by atoms with Crippen LogP contribution in [-0.2, 0) is 20.8 Å². The SMILES string of the molecule is CN(C)CCNC(=O)c1c(F)cc2c(c1O)C(O)=C1C(=O)[C@]3(O)C(O)=C(C(N)=O)C(=O)[C@@H](N(C)C)[C@@H]3C[C@@H]1C2. The van der Waals surface area contributed by atoms with Crippen molar-refractivity contribution in [3.63, 3.8) is 0 Å². The van der Waals surface area contributed by atoms with Crippen LogP contribution in [0.4, 0.5) is 4.39 Å². The van der Waals surface area contributed by atoms with Crippen LogP contribution in [0.1, 0.15) is 27.9 Å². The van der Waals surface area contributed by atoms with E-state index in [1.165, 1.54) is 19.0 Å². The minimum atomic E-state index is -2.79. The van der Waals surface area contributed by atoms with Crippen LogP contribution in [0.25, 0.3) is 5.76 Å². The first-order valence-corrected chi connectivity index (χ1v) is 12.3. The van der Waals surface area contributed by atoms with Crippen molar-refractivity contribution in [3.8, 4) is 5.75 Å². The molecule has 1 saturated carbocycles. The number of aliphatic hydroxyl groups excluding tert-OH is 2. The molecule has 0 saturated heterocycles. The fourth-order valence-corrected chi connectivity index (χ4v) is 5.96. The van der Waals surface area contributed by atoms with Crippen molar-refractivity contribution in [2.24, 2.45) is 17.6 Å². The highest BCUT2D eigenvalue weighted by Crippen LogP contribution is 2.53. The first kappa shape index (κ1) is 28.2. The molecule has 210 valence electrons. The van der Waals surface area contributed by atoms with Crippen molar-refractivity contribution in [2.75, 3.05) is 41.3 Å². The van der Waals surface area contributed by atoms with E-state index < -0.39 is 81.1 Å². The minimum Gasteiger partial charge on any atom is -0.508 e. The lowest BCUT2D eigenvalue weighted by molar-refractivity contribution is -0.153. The van der Waals surface area contributed by atoms with Gasteiger partial charge in [0, 0.05) is 24.6 Å². The smallest absolute Gasteiger partial charge is 0.258 e. The topological polar surface area (TPSA) is 194 Å². The van der Waals surface area contributed by atoms with E-state index in [4.69, 9.17) is 5.73 Å². The predicted octanol–water partition coefficient (Wildman–Crippen LogP) is -0.605. The Kier molecular flexibility index (Phi) is 7.04. The molecule has 7 N–H and O–H groups in total. The van der Waals surface area contributed by atoms with Crippen LogP contribution < -0.4 is 11.1 Å². The quantitative estimate of drug-likeness (QED) is 0.251. The number of amides is 2. The molecule has 13 heteroatoms. The number of likely N-dealkylation sites (N-methyl/N-ethyl adjacent to an activating group) is 2. The third kappa shape index (κ3) is 4.17. The highest BCUT2D eigenvalue weighted by atomic mass is 19.1. The number of nitrogens with zero attached hydrogens (tertiary/aromatic N) is 2. The van der Waals surface area contributed by atoms with Gasteiger partial charge in [-0.1, -0.05) is 0 Å². The summed E-state index contributed by atoms with van der Waals surface area (Å²) in [5.74, 6) is -10.3. The van der Waals surface area contributed by atoms with Crippen LogP contribution in [0.15, 0.2) is 23.0 Å². The monoisotopic (exact) mass is 546 g/mol. The van der Waals surface area contributed by atoms with Crippen molar-refractivity contribution in [1.82, 2.24) is 15.1 Å². The second-order valence-corrected chi connectivity index (χ2v) is 10.6. The Hall–Kier alpha value is -3.81. The fraction of sp³-hybridized carbons (Fsp3) is 0.462. The molecule has 39 heavy (non-hydrogen) atoms. The zero-order valence-electron chi connectivity index (χ0n) is 21.9. The Labute approximate surface area is 223 Å². The Balaban J connectivity index is 1.86. The second-order valence-electron chi connectivity index (χ2n) is 10.6. The summed E-state index contributed by atoms with van der Waals surface area (Å²) < 4.78 is 15.1. The number of aliphatic hydroxyl groups is 3. The molecule has 0 spiro atoms. The minimum absolute atomic E-state index is 0.0818. The third-order valence-corrected chi connectivity index (χ3v) is 7.74. The largest absolute Gasteiger partial charge is 0.508 e. The van der Waals surface area contributed by atoms with E-state index in [0.717, 1.165) is 6.07 Å². The summed E-state index contributed by atoms with van der Waals surface area (Å²) in [4.78, 5) is 54.8. The molecule has 0 bridgehead atoms. The summed E-state index contributed by atoms with van der Waals surface area (Å²) in [6, 6.07) is -0.229. The average Bonchev–Trinajstić information content (AvgIpc) is 2.80. The average molecular weight is 547 g/mol. The summed E-state index contributed by atoms with van der Waals surface area (Å²) in [6.45, 7) is 0.578. The Morgan fingerprint density at radius 2 is 1.82 bits per heavy atom. The molecule has 0 aliphatic heterocycles. The second kappa shape index (κ2) is 9.74. The van der Waals surface area contributed by atoms with Gasteiger partial charge in [0.2, 0.25) is 5.78 Å². The summed E-state index contributed by atoms with van der Waals surface area (Å²) in [5.41, 5.74) is 0.237. The number of ketones is 2. The van der Waals surface area contributed by atoms with Crippen molar-refractivity contribution >= 4 is 29.1 Å². The van der Waals surface area contributed by atoms with Crippen LogP contribution >= 0.6 is 0 Å². The summed E-state index contributed by atoms with van der Waals surface area (Å²) in [6.07, 6.45) is -0.206. The number of carbonyl (C=O) groups is 4. The Morgan fingerprint density at radius 1 is 1.18 bits per heavy atom. The van der Waals surface area contributed by atoms with Gasteiger partial charge in [-0.3, -0.25) is 24.1 Å². The summed E-state index contributed by atoms with van der Waals surface area (Å²) in [5, 5.41) is 47.0. The number of nitrogens with one attached hydrogen (secondary N) is 1. The standard InChI is InChI=1S/C26H31FN4O8/c1-30(2)6-5-29-25(38)16-13(27)9-11-7-10-8-12-18(31(3)4)21(34)17(24(28)37)23(36)26(12,39)22(35)15(10)19(32)14(11)20(16)33/h9-10,12,18,32-33,36,39H,5-8H2,1-4H3,(H2,28,37)(H,29,38)/t10-,12-,18-,26-/m0/s1. The number of hydrogen-bond acceptors (Lipinski definition) is 10. The van der Waals surface area contributed by atoms with Gasteiger partial charge in [0.1, 0.15) is 34.2 Å². The summed E-state index contributed by atoms with van der Waals surface area (Å²) >= 11 is 0. The van der Waals surface area contributed by atoms with Gasteiger partial charge in [0.15, 0.2) is 11.4 Å². The van der Waals surface area contributed by atoms with Gasteiger partial charge in [-0.25, -0.2) is 4.39 Å². The zero-order valence-corrected chi connectivity index (χ0v) is 21.9. The van der Waals surface area contributed by atoms with Crippen LogP contribution in [0, 0.1) is 17.7 Å². The number of hydrogen-bond donors (Lipinski definition) is 6. The molecule has 0 unspecified atom stereocenters. The number of carbonyl (C=O) groups excluding carboxylic acids is 4. The number of benzene rings is 1. The van der Waals surface area contributed by atoms with Crippen LogP contribution in [0.5, 0.6) is 5.75 Å². The number of primary amides is 1. The van der Waals surface area contributed by atoms with Crippen molar-refractivity contribution in [1.29, 1.82) is 0 Å². The lowest BCUT2D eigenvalue weighted by atomic mass is 9.57. The van der Waals surface area contributed by atoms with E-state index in [2.05, 4.69) is 5.32 Å². The fourth-order valence-electron chi connectivity index (χ4n) is 5.96. The number of fused-ring (bicyclic) bond motifs is 3. The lowest BCUT2D eigenvalue weighted by Gasteiger charge is -2.50. The van der Waals surface area contributed by atoms with Crippen LogP contribution in [-0.4, -0.2) is 107 Å². The van der Waals surface area contributed by atoms with Gasteiger partial charge in [-0.05, 0) is 58.6 Å². The molecule has 3 aliphatic rings. The maximum Gasteiger partial charge on any atom is 0.258 e.